The Morgan fingerprint density at radius 2 is 2.14 bits per heavy atom. The molecule has 1 aromatic rings. The van der Waals surface area contributed by atoms with Gasteiger partial charge >= 0.3 is 0 Å². The van der Waals surface area contributed by atoms with Gasteiger partial charge in [0.25, 0.3) is 5.91 Å². The van der Waals surface area contributed by atoms with E-state index in [1.807, 2.05) is 19.9 Å². The van der Waals surface area contributed by atoms with Crippen LogP contribution >= 0.6 is 15.9 Å². The third-order valence-electron chi connectivity index (χ3n) is 1.97. The van der Waals surface area contributed by atoms with Crippen LogP contribution < -0.4 is 10.1 Å². The second-order valence-corrected chi connectivity index (χ2v) is 4.62. The maximum Gasteiger partial charge on any atom is 0.258 e. The van der Waals surface area contributed by atoms with Crippen molar-refractivity contribution in [2.24, 2.45) is 0 Å². The van der Waals surface area contributed by atoms with E-state index < -0.39 is 5.72 Å². The zero-order valence-electron chi connectivity index (χ0n) is 7.93. The van der Waals surface area contributed by atoms with Gasteiger partial charge in [-0.05, 0) is 32.0 Å². The van der Waals surface area contributed by atoms with E-state index in [4.69, 9.17) is 4.74 Å². The maximum atomic E-state index is 11.6. The van der Waals surface area contributed by atoms with E-state index in [0.717, 1.165) is 4.47 Å². The molecule has 74 valence electrons. The molecule has 1 aromatic carbocycles. The minimum Gasteiger partial charge on any atom is -0.468 e. The number of carbonyl (C=O) groups is 1. The van der Waals surface area contributed by atoms with E-state index >= 15 is 0 Å². The number of nitrogens with one attached hydrogen (secondary N) is 1. The summed E-state index contributed by atoms with van der Waals surface area (Å²) in [4.78, 5) is 11.6. The maximum absolute atomic E-state index is 11.6. The molecule has 0 fully saturated rings. The van der Waals surface area contributed by atoms with Gasteiger partial charge in [0, 0.05) is 4.47 Å². The van der Waals surface area contributed by atoms with Crippen LogP contribution in [-0.4, -0.2) is 11.6 Å². The number of ether oxygens (including phenoxy) is 1. The molecule has 0 spiro atoms. The van der Waals surface area contributed by atoms with Gasteiger partial charge in [-0.2, -0.15) is 0 Å². The predicted octanol–water partition coefficient (Wildman–Crippen LogP) is 2.31. The summed E-state index contributed by atoms with van der Waals surface area (Å²) in [6, 6.07) is 5.36. The number of halogens is 1. The molecule has 1 aliphatic heterocycles. The highest BCUT2D eigenvalue weighted by Crippen LogP contribution is 2.29. The fourth-order valence-corrected chi connectivity index (χ4v) is 1.75. The second kappa shape index (κ2) is 2.98. The molecule has 0 atom stereocenters. The highest BCUT2D eigenvalue weighted by molar-refractivity contribution is 9.10. The molecule has 14 heavy (non-hydrogen) atoms. The Morgan fingerprint density at radius 3 is 2.86 bits per heavy atom. The van der Waals surface area contributed by atoms with E-state index in [1.54, 1.807) is 12.1 Å². The SMILES string of the molecule is CC1(C)NC(=O)c2ccc(Br)cc2O1. The average molecular weight is 256 g/mol. The van der Waals surface area contributed by atoms with E-state index in [-0.39, 0.29) is 5.91 Å². The van der Waals surface area contributed by atoms with Crippen LogP contribution in [0.3, 0.4) is 0 Å². The Hall–Kier alpha value is -1.03. The number of carbonyl (C=O) groups excluding carboxylic acids is 1. The molecular formula is C10H10BrNO2. The average Bonchev–Trinajstić information content (AvgIpc) is 2.00. The third-order valence-corrected chi connectivity index (χ3v) is 2.46. The van der Waals surface area contributed by atoms with Crippen molar-refractivity contribution in [3.63, 3.8) is 0 Å². The van der Waals surface area contributed by atoms with Gasteiger partial charge in [0.2, 0.25) is 0 Å². The quantitative estimate of drug-likeness (QED) is 0.773. The first-order valence-electron chi connectivity index (χ1n) is 4.29. The standard InChI is InChI=1S/C10H10BrNO2/c1-10(2)12-9(13)7-4-3-6(11)5-8(7)14-10/h3-5H,1-2H3,(H,12,13). The van der Waals surface area contributed by atoms with E-state index in [1.165, 1.54) is 0 Å². The van der Waals surface area contributed by atoms with Crippen LogP contribution in [-0.2, 0) is 0 Å². The van der Waals surface area contributed by atoms with Gasteiger partial charge in [-0.15, -0.1) is 0 Å². The lowest BCUT2D eigenvalue weighted by molar-refractivity contribution is 0.0432. The van der Waals surface area contributed by atoms with Crippen LogP contribution in [0.25, 0.3) is 0 Å². The van der Waals surface area contributed by atoms with Crippen LogP contribution in [0.4, 0.5) is 0 Å². The summed E-state index contributed by atoms with van der Waals surface area (Å²) in [6.45, 7) is 3.63. The normalized spacial score (nSPS) is 18.1. The number of hydrogen-bond acceptors (Lipinski definition) is 2. The van der Waals surface area contributed by atoms with Crippen molar-refractivity contribution >= 4 is 21.8 Å². The fraction of sp³-hybridized carbons (Fsp3) is 0.300. The van der Waals surface area contributed by atoms with E-state index in [0.29, 0.717) is 11.3 Å². The lowest BCUT2D eigenvalue weighted by Crippen LogP contribution is -2.51. The Labute approximate surface area is 90.6 Å². The lowest BCUT2D eigenvalue weighted by atomic mass is 10.1. The molecule has 0 radical (unpaired) electrons. The number of benzene rings is 1. The van der Waals surface area contributed by atoms with Crippen LogP contribution in [0.15, 0.2) is 22.7 Å². The van der Waals surface area contributed by atoms with Gasteiger partial charge in [0.05, 0.1) is 5.56 Å². The molecule has 1 amide bonds. The summed E-state index contributed by atoms with van der Waals surface area (Å²) in [6.07, 6.45) is 0. The second-order valence-electron chi connectivity index (χ2n) is 3.71. The minimum absolute atomic E-state index is 0.0937. The summed E-state index contributed by atoms with van der Waals surface area (Å²) < 4.78 is 6.51. The summed E-state index contributed by atoms with van der Waals surface area (Å²) >= 11 is 3.34. The Kier molecular flexibility index (Phi) is 2.03. The number of amides is 1. The molecule has 3 nitrogen and oxygen atoms in total. The smallest absolute Gasteiger partial charge is 0.258 e. The molecule has 1 heterocycles. The summed E-state index contributed by atoms with van der Waals surface area (Å²) in [7, 11) is 0. The third kappa shape index (κ3) is 1.62. The minimum atomic E-state index is -0.634. The van der Waals surface area contributed by atoms with Crippen molar-refractivity contribution in [3.05, 3.63) is 28.2 Å². The molecule has 0 bridgehead atoms. The number of fused-ring (bicyclic) bond motifs is 1. The highest BCUT2D eigenvalue weighted by atomic mass is 79.9. The molecular weight excluding hydrogens is 246 g/mol. The molecule has 1 aliphatic rings. The van der Waals surface area contributed by atoms with Crippen molar-refractivity contribution in [1.29, 1.82) is 0 Å². The highest BCUT2D eigenvalue weighted by Gasteiger charge is 2.31. The van der Waals surface area contributed by atoms with Crippen molar-refractivity contribution in [1.82, 2.24) is 5.32 Å². The summed E-state index contributed by atoms with van der Waals surface area (Å²) in [5, 5.41) is 2.75. The lowest BCUT2D eigenvalue weighted by Gasteiger charge is -2.33. The number of rotatable bonds is 0. The Balaban J connectivity index is 2.51. The monoisotopic (exact) mass is 255 g/mol. The predicted molar refractivity (Wildman–Crippen MR) is 56.3 cm³/mol. The van der Waals surface area contributed by atoms with Crippen molar-refractivity contribution < 1.29 is 9.53 Å². The fourth-order valence-electron chi connectivity index (χ4n) is 1.41. The van der Waals surface area contributed by atoms with Gasteiger partial charge in [-0.1, -0.05) is 15.9 Å². The molecule has 1 N–H and O–H groups in total. The zero-order valence-corrected chi connectivity index (χ0v) is 9.51. The van der Waals surface area contributed by atoms with Gasteiger partial charge < -0.3 is 10.1 Å². The van der Waals surface area contributed by atoms with Crippen molar-refractivity contribution in [2.45, 2.75) is 19.6 Å². The first-order valence-corrected chi connectivity index (χ1v) is 5.08. The van der Waals surface area contributed by atoms with Crippen LogP contribution in [0.5, 0.6) is 5.75 Å². The molecule has 4 heteroatoms. The molecule has 0 aromatic heterocycles. The Bertz CT molecular complexity index is 401. The van der Waals surface area contributed by atoms with E-state index in [2.05, 4.69) is 21.2 Å². The van der Waals surface area contributed by atoms with Gasteiger partial charge in [0.15, 0.2) is 5.72 Å². The van der Waals surface area contributed by atoms with Gasteiger partial charge in [-0.3, -0.25) is 4.79 Å². The van der Waals surface area contributed by atoms with Crippen molar-refractivity contribution in [3.8, 4) is 5.75 Å². The topological polar surface area (TPSA) is 38.3 Å². The van der Waals surface area contributed by atoms with E-state index in [9.17, 15) is 4.79 Å². The zero-order chi connectivity index (χ0) is 10.3. The molecule has 0 saturated carbocycles. The summed E-state index contributed by atoms with van der Waals surface area (Å²) in [5.41, 5.74) is -0.0576. The molecule has 2 rings (SSSR count). The van der Waals surface area contributed by atoms with Crippen LogP contribution in [0.1, 0.15) is 24.2 Å². The largest absolute Gasteiger partial charge is 0.468 e. The van der Waals surface area contributed by atoms with Gasteiger partial charge in [0.1, 0.15) is 5.75 Å². The van der Waals surface area contributed by atoms with Crippen LogP contribution in [0.2, 0.25) is 0 Å². The molecule has 0 saturated heterocycles. The first kappa shape index (κ1) is 9.52. The Morgan fingerprint density at radius 1 is 1.43 bits per heavy atom. The molecule has 0 unspecified atom stereocenters. The number of hydrogen-bond donors (Lipinski definition) is 1. The van der Waals surface area contributed by atoms with Crippen molar-refractivity contribution in [2.75, 3.05) is 0 Å². The first-order chi connectivity index (χ1) is 6.48. The van der Waals surface area contributed by atoms with Crippen LogP contribution in [0, 0.1) is 0 Å². The molecule has 0 aliphatic carbocycles. The van der Waals surface area contributed by atoms with Gasteiger partial charge in [-0.25, -0.2) is 0 Å². The summed E-state index contributed by atoms with van der Waals surface area (Å²) in [5.74, 6) is 0.525.